The number of aliphatic hydroxyl groups excluding tert-OH is 1. The standard InChI is InChI=1S/C14H14F3NO4S.Na/c1-3-21-13(19)9(14(20)22-4-2)12(23)18-8-6-5-7(15)10(16)11(8)17;/h5-6,19H,3-4H2,1-2H3,(H,18,23);. The Morgan fingerprint density at radius 2 is 1.75 bits per heavy atom. The molecule has 1 aromatic carbocycles. The number of carbonyl (C=O) groups excluding carboxylic acids is 1. The van der Waals surface area contributed by atoms with E-state index in [9.17, 15) is 23.1 Å². The van der Waals surface area contributed by atoms with Crippen molar-refractivity contribution in [3.63, 3.8) is 0 Å². The summed E-state index contributed by atoms with van der Waals surface area (Å²) in [6.07, 6.45) is 0. The summed E-state index contributed by atoms with van der Waals surface area (Å²) in [6, 6.07) is 1.57. The predicted octanol–water partition coefficient (Wildman–Crippen LogP) is 2.83. The molecule has 0 saturated heterocycles. The Kier molecular flexibility index (Phi) is 9.98. The van der Waals surface area contributed by atoms with Crippen LogP contribution in [0, 0.1) is 17.5 Å². The first-order valence-corrected chi connectivity index (χ1v) is 6.92. The van der Waals surface area contributed by atoms with Gasteiger partial charge in [-0.1, -0.05) is 12.2 Å². The van der Waals surface area contributed by atoms with Gasteiger partial charge >= 0.3 is 5.97 Å². The number of carbonyl (C=O) groups is 1. The Hall–Kier alpha value is -1.29. The van der Waals surface area contributed by atoms with Gasteiger partial charge in [0.05, 0.1) is 18.9 Å². The molecule has 0 bridgehead atoms. The maximum atomic E-state index is 13.6. The van der Waals surface area contributed by atoms with Gasteiger partial charge in [0.15, 0.2) is 23.0 Å². The fourth-order valence-electron chi connectivity index (χ4n) is 1.50. The molecule has 0 aliphatic heterocycles. The minimum Gasteiger partial charge on any atom is -0.480 e. The molecule has 0 spiro atoms. The molecule has 0 saturated carbocycles. The van der Waals surface area contributed by atoms with E-state index in [1.165, 1.54) is 6.92 Å². The third-order valence-corrected chi connectivity index (χ3v) is 2.79. The number of ether oxygens (including phenoxy) is 2. The average molecular weight is 372 g/mol. The second kappa shape index (κ2) is 10.5. The first kappa shape index (κ1) is 22.7. The van der Waals surface area contributed by atoms with Crippen LogP contribution >= 0.6 is 12.2 Å². The van der Waals surface area contributed by atoms with Crippen molar-refractivity contribution in [1.29, 1.82) is 0 Å². The SMILES string of the molecule is CCOC(=O)C(C(=S)Nc1ccc(F)c(F)c1F)=C(O)OCC.[Na]. The Morgan fingerprint density at radius 3 is 2.29 bits per heavy atom. The van der Waals surface area contributed by atoms with Crippen LogP contribution in [-0.2, 0) is 14.3 Å². The van der Waals surface area contributed by atoms with Crippen LogP contribution in [0.1, 0.15) is 13.8 Å². The van der Waals surface area contributed by atoms with Gasteiger partial charge in [0.1, 0.15) is 4.99 Å². The first-order chi connectivity index (χ1) is 10.8. The summed E-state index contributed by atoms with van der Waals surface area (Å²) in [5.74, 6) is -6.44. The molecule has 10 heteroatoms. The maximum absolute atomic E-state index is 13.6. The molecule has 127 valence electrons. The monoisotopic (exact) mass is 372 g/mol. The van der Waals surface area contributed by atoms with Crippen LogP contribution in [0.5, 0.6) is 0 Å². The zero-order chi connectivity index (χ0) is 17.6. The van der Waals surface area contributed by atoms with Crippen LogP contribution in [0.25, 0.3) is 0 Å². The summed E-state index contributed by atoms with van der Waals surface area (Å²) in [5.41, 5.74) is -1.08. The van der Waals surface area contributed by atoms with E-state index >= 15 is 0 Å². The van der Waals surface area contributed by atoms with Gasteiger partial charge in [-0.15, -0.1) is 0 Å². The summed E-state index contributed by atoms with van der Waals surface area (Å²) in [5, 5.41) is 11.9. The van der Waals surface area contributed by atoms with Crippen molar-refractivity contribution >= 4 is 58.4 Å². The largest absolute Gasteiger partial charge is 0.480 e. The number of anilines is 1. The number of benzene rings is 1. The molecule has 0 aliphatic carbocycles. The molecule has 2 N–H and O–H groups in total. The number of hydrogen-bond donors (Lipinski definition) is 2. The van der Waals surface area contributed by atoms with E-state index in [2.05, 4.69) is 5.32 Å². The van der Waals surface area contributed by atoms with Crippen LogP contribution in [0.3, 0.4) is 0 Å². The summed E-state index contributed by atoms with van der Waals surface area (Å²) in [6.45, 7) is 3.09. The van der Waals surface area contributed by atoms with E-state index in [4.69, 9.17) is 21.7 Å². The van der Waals surface area contributed by atoms with E-state index in [0.717, 1.165) is 6.07 Å². The molecule has 1 aromatic rings. The molecular formula is C14H14F3NNaO4S. The van der Waals surface area contributed by atoms with Crippen LogP contribution < -0.4 is 5.32 Å². The average Bonchev–Trinajstić information content (AvgIpc) is 2.48. The van der Waals surface area contributed by atoms with Gasteiger partial charge in [0.25, 0.3) is 5.95 Å². The van der Waals surface area contributed by atoms with Crippen LogP contribution in [0.4, 0.5) is 18.9 Å². The van der Waals surface area contributed by atoms with Crippen LogP contribution in [0.15, 0.2) is 23.7 Å². The van der Waals surface area contributed by atoms with Gasteiger partial charge in [0.2, 0.25) is 0 Å². The third kappa shape index (κ3) is 5.66. The van der Waals surface area contributed by atoms with Crippen molar-refractivity contribution < 1.29 is 32.5 Å². The van der Waals surface area contributed by atoms with Gasteiger partial charge in [-0.05, 0) is 26.0 Å². The number of esters is 1. The topological polar surface area (TPSA) is 67.8 Å². The Balaban J connectivity index is 0.00000529. The molecule has 0 aliphatic rings. The fraction of sp³-hybridized carbons (Fsp3) is 0.286. The molecule has 0 fully saturated rings. The molecule has 1 rings (SSSR count). The number of thiocarbonyl (C=S) groups is 1. The Bertz CT molecular complexity index is 655. The quantitative estimate of drug-likeness (QED) is 0.200. The van der Waals surface area contributed by atoms with Crippen LogP contribution in [-0.4, -0.2) is 58.8 Å². The van der Waals surface area contributed by atoms with E-state index in [1.807, 2.05) is 0 Å². The van der Waals surface area contributed by atoms with Crippen molar-refractivity contribution in [2.24, 2.45) is 0 Å². The summed E-state index contributed by atoms with van der Waals surface area (Å²) in [4.78, 5) is 11.3. The van der Waals surface area contributed by atoms with Crippen molar-refractivity contribution in [3.8, 4) is 0 Å². The van der Waals surface area contributed by atoms with Gasteiger partial charge in [-0.25, -0.2) is 18.0 Å². The maximum Gasteiger partial charge on any atom is 0.348 e. The third-order valence-electron chi connectivity index (χ3n) is 2.48. The molecular weight excluding hydrogens is 358 g/mol. The molecule has 0 amide bonds. The Morgan fingerprint density at radius 1 is 1.17 bits per heavy atom. The summed E-state index contributed by atoms with van der Waals surface area (Å²) >= 11 is 4.88. The number of aliphatic hydroxyl groups is 1. The number of nitrogens with one attached hydrogen (secondary N) is 1. The molecule has 0 aromatic heterocycles. The minimum atomic E-state index is -1.70. The second-order valence-corrected chi connectivity index (χ2v) is 4.42. The van der Waals surface area contributed by atoms with Gasteiger partial charge in [-0.2, -0.15) is 0 Å². The zero-order valence-electron chi connectivity index (χ0n) is 13.3. The second-order valence-electron chi connectivity index (χ2n) is 4.01. The minimum absolute atomic E-state index is 0. The zero-order valence-corrected chi connectivity index (χ0v) is 16.1. The van der Waals surface area contributed by atoms with Gasteiger partial charge in [-0.3, -0.25) is 0 Å². The van der Waals surface area contributed by atoms with Crippen LogP contribution in [0.2, 0.25) is 0 Å². The summed E-state index contributed by atoms with van der Waals surface area (Å²) in [7, 11) is 0. The fourth-order valence-corrected chi connectivity index (χ4v) is 1.78. The molecule has 0 unspecified atom stereocenters. The van der Waals surface area contributed by atoms with E-state index in [0.29, 0.717) is 6.07 Å². The first-order valence-electron chi connectivity index (χ1n) is 6.51. The predicted molar refractivity (Wildman–Crippen MR) is 86.2 cm³/mol. The van der Waals surface area contributed by atoms with Gasteiger partial charge < -0.3 is 19.9 Å². The van der Waals surface area contributed by atoms with Crippen molar-refractivity contribution in [2.45, 2.75) is 13.8 Å². The number of rotatable bonds is 6. The van der Waals surface area contributed by atoms with Crippen molar-refractivity contribution in [1.82, 2.24) is 0 Å². The smallest absolute Gasteiger partial charge is 0.348 e. The number of halogens is 3. The Labute approximate surface area is 164 Å². The summed E-state index contributed by atoms with van der Waals surface area (Å²) < 4.78 is 49.2. The molecule has 24 heavy (non-hydrogen) atoms. The molecule has 0 atom stereocenters. The van der Waals surface area contributed by atoms with E-state index < -0.39 is 45.6 Å². The molecule has 1 radical (unpaired) electrons. The number of hydrogen-bond acceptors (Lipinski definition) is 5. The van der Waals surface area contributed by atoms with E-state index in [-0.39, 0.29) is 42.8 Å². The van der Waals surface area contributed by atoms with E-state index in [1.54, 1.807) is 6.92 Å². The molecule has 0 heterocycles. The normalized spacial score (nSPS) is 11.0. The van der Waals surface area contributed by atoms with Crippen molar-refractivity contribution in [3.05, 3.63) is 41.1 Å². The molecule has 5 nitrogen and oxygen atoms in total. The van der Waals surface area contributed by atoms with Gasteiger partial charge in [0, 0.05) is 29.6 Å². The van der Waals surface area contributed by atoms with Crippen molar-refractivity contribution in [2.75, 3.05) is 18.5 Å².